The van der Waals surface area contributed by atoms with Crippen molar-refractivity contribution in [3.05, 3.63) is 47.5 Å². The molecule has 1 unspecified atom stereocenters. The lowest BCUT2D eigenvalue weighted by Crippen LogP contribution is -2.42. The number of aromatic nitrogens is 2. The van der Waals surface area contributed by atoms with E-state index < -0.39 is 11.9 Å². The number of rotatable bonds is 3. The third-order valence-corrected chi connectivity index (χ3v) is 4.27. The van der Waals surface area contributed by atoms with Crippen molar-refractivity contribution in [2.24, 2.45) is 5.92 Å². The van der Waals surface area contributed by atoms with E-state index in [0.717, 1.165) is 0 Å². The lowest BCUT2D eigenvalue weighted by Gasteiger charge is -2.30. The first-order chi connectivity index (χ1) is 11.5. The van der Waals surface area contributed by atoms with Gasteiger partial charge in [0.05, 0.1) is 11.6 Å². The van der Waals surface area contributed by atoms with Crippen LogP contribution in [0.5, 0.6) is 0 Å². The fourth-order valence-corrected chi connectivity index (χ4v) is 2.97. The van der Waals surface area contributed by atoms with Crippen molar-refractivity contribution in [1.29, 1.82) is 0 Å². The minimum atomic E-state index is -0.875. The van der Waals surface area contributed by atoms with E-state index in [1.54, 1.807) is 25.3 Å². The van der Waals surface area contributed by atoms with E-state index >= 15 is 0 Å². The molecule has 1 aliphatic heterocycles. The van der Waals surface area contributed by atoms with Gasteiger partial charge in [-0.1, -0.05) is 0 Å². The number of aryl methyl sites for hydroxylation is 1. The highest BCUT2D eigenvalue weighted by molar-refractivity contribution is 5.92. The van der Waals surface area contributed by atoms with Gasteiger partial charge in [0, 0.05) is 19.3 Å². The number of carbonyl (C=O) groups excluding carboxylic acids is 1. The zero-order valence-corrected chi connectivity index (χ0v) is 13.3. The van der Waals surface area contributed by atoms with Crippen LogP contribution in [0.2, 0.25) is 0 Å². The number of benzene rings is 1. The minimum Gasteiger partial charge on any atom is -0.481 e. The van der Waals surface area contributed by atoms with Crippen LogP contribution in [0.15, 0.2) is 30.5 Å². The van der Waals surface area contributed by atoms with E-state index in [-0.39, 0.29) is 24.0 Å². The van der Waals surface area contributed by atoms with Crippen LogP contribution in [0.1, 0.15) is 28.9 Å². The number of amides is 1. The van der Waals surface area contributed by atoms with Crippen molar-refractivity contribution in [2.45, 2.75) is 19.8 Å². The van der Waals surface area contributed by atoms with E-state index in [0.29, 0.717) is 30.6 Å². The summed E-state index contributed by atoms with van der Waals surface area (Å²) in [5.41, 5.74) is 1.66. The molecule has 1 fully saturated rings. The third kappa shape index (κ3) is 3.15. The summed E-state index contributed by atoms with van der Waals surface area (Å²) in [6.07, 6.45) is 2.90. The molecule has 1 aliphatic rings. The number of piperidine rings is 1. The Morgan fingerprint density at radius 2 is 2.12 bits per heavy atom. The summed E-state index contributed by atoms with van der Waals surface area (Å²) in [7, 11) is 0. The van der Waals surface area contributed by atoms with Gasteiger partial charge in [0.15, 0.2) is 5.69 Å². The van der Waals surface area contributed by atoms with Gasteiger partial charge in [-0.25, -0.2) is 9.07 Å². The first kappa shape index (κ1) is 16.2. The second kappa shape index (κ2) is 6.43. The van der Waals surface area contributed by atoms with Crippen molar-refractivity contribution in [2.75, 3.05) is 13.1 Å². The maximum absolute atomic E-state index is 13.2. The molecule has 6 nitrogen and oxygen atoms in total. The molecule has 0 saturated carbocycles. The summed E-state index contributed by atoms with van der Waals surface area (Å²) in [5, 5.41) is 13.4. The van der Waals surface area contributed by atoms with Crippen molar-refractivity contribution < 1.29 is 19.1 Å². The highest BCUT2D eigenvalue weighted by Crippen LogP contribution is 2.19. The Labute approximate surface area is 138 Å². The summed E-state index contributed by atoms with van der Waals surface area (Å²) in [5.74, 6) is -2.00. The summed E-state index contributed by atoms with van der Waals surface area (Å²) in [6, 6.07) is 5.94. The number of hydrogen-bond donors (Lipinski definition) is 1. The second-order valence-electron chi connectivity index (χ2n) is 6.00. The summed E-state index contributed by atoms with van der Waals surface area (Å²) in [4.78, 5) is 25.2. The van der Waals surface area contributed by atoms with Crippen LogP contribution in [0.25, 0.3) is 5.69 Å². The number of hydrogen-bond acceptors (Lipinski definition) is 3. The predicted molar refractivity (Wildman–Crippen MR) is 84.5 cm³/mol. The molecule has 0 aliphatic carbocycles. The van der Waals surface area contributed by atoms with E-state index in [4.69, 9.17) is 5.11 Å². The van der Waals surface area contributed by atoms with E-state index in [9.17, 15) is 14.0 Å². The van der Waals surface area contributed by atoms with Crippen LogP contribution in [0.4, 0.5) is 4.39 Å². The molecule has 0 spiro atoms. The zero-order chi connectivity index (χ0) is 17.3. The highest BCUT2D eigenvalue weighted by Gasteiger charge is 2.29. The molecule has 0 radical (unpaired) electrons. The van der Waals surface area contributed by atoms with Crippen LogP contribution < -0.4 is 0 Å². The molecule has 1 N–H and O–H groups in total. The van der Waals surface area contributed by atoms with Gasteiger partial charge in [0.2, 0.25) is 0 Å². The summed E-state index contributed by atoms with van der Waals surface area (Å²) in [6.45, 7) is 2.51. The molecule has 24 heavy (non-hydrogen) atoms. The van der Waals surface area contributed by atoms with Crippen LogP contribution in [0, 0.1) is 18.7 Å². The number of aliphatic carboxylic acids is 1. The van der Waals surface area contributed by atoms with Crippen LogP contribution in [0.3, 0.4) is 0 Å². The number of nitrogens with zero attached hydrogens (tertiary/aromatic N) is 3. The Hall–Kier alpha value is -2.70. The molecular weight excluding hydrogens is 313 g/mol. The van der Waals surface area contributed by atoms with Crippen molar-refractivity contribution in [3.8, 4) is 5.69 Å². The molecule has 1 aromatic heterocycles. The number of carboxylic acids is 1. The van der Waals surface area contributed by atoms with E-state index in [1.807, 2.05) is 0 Å². The quantitative estimate of drug-likeness (QED) is 0.936. The average Bonchev–Trinajstić information content (AvgIpc) is 3.04. The Kier molecular flexibility index (Phi) is 4.33. The highest BCUT2D eigenvalue weighted by atomic mass is 19.1. The number of carboxylic acid groups (broad SMARTS) is 1. The lowest BCUT2D eigenvalue weighted by molar-refractivity contribution is -0.143. The van der Waals surface area contributed by atoms with Crippen LogP contribution >= 0.6 is 0 Å². The van der Waals surface area contributed by atoms with Gasteiger partial charge in [0.1, 0.15) is 5.82 Å². The smallest absolute Gasteiger partial charge is 0.308 e. The first-order valence-electron chi connectivity index (χ1n) is 7.80. The Balaban J connectivity index is 1.80. The maximum Gasteiger partial charge on any atom is 0.308 e. The number of carbonyl (C=O) groups is 2. The van der Waals surface area contributed by atoms with Crippen molar-refractivity contribution in [1.82, 2.24) is 14.7 Å². The molecule has 1 aromatic carbocycles. The molecule has 1 amide bonds. The van der Waals surface area contributed by atoms with Crippen LogP contribution in [-0.4, -0.2) is 44.8 Å². The topological polar surface area (TPSA) is 75.4 Å². The lowest BCUT2D eigenvalue weighted by atomic mass is 9.98. The SMILES string of the molecule is Cc1cc(F)ccc1-n1ccc(C(=O)N2CCCC(C(=O)O)C2)n1. The average molecular weight is 331 g/mol. The van der Waals surface area contributed by atoms with Gasteiger partial charge >= 0.3 is 5.97 Å². The number of halogens is 1. The maximum atomic E-state index is 13.2. The van der Waals surface area contributed by atoms with Gasteiger partial charge < -0.3 is 10.0 Å². The van der Waals surface area contributed by atoms with E-state index in [2.05, 4.69) is 5.10 Å². The van der Waals surface area contributed by atoms with Gasteiger partial charge in [-0.05, 0) is 49.6 Å². The van der Waals surface area contributed by atoms with Gasteiger partial charge in [-0.3, -0.25) is 9.59 Å². The van der Waals surface area contributed by atoms with Gasteiger partial charge in [0.25, 0.3) is 5.91 Å². The molecule has 126 valence electrons. The molecule has 2 heterocycles. The first-order valence-corrected chi connectivity index (χ1v) is 7.80. The fraction of sp³-hybridized carbons (Fsp3) is 0.353. The summed E-state index contributed by atoms with van der Waals surface area (Å²) < 4.78 is 14.7. The van der Waals surface area contributed by atoms with Gasteiger partial charge in [-0.15, -0.1) is 0 Å². The molecule has 3 rings (SSSR count). The molecule has 1 saturated heterocycles. The van der Waals surface area contributed by atoms with Crippen molar-refractivity contribution in [3.63, 3.8) is 0 Å². The summed E-state index contributed by atoms with van der Waals surface area (Å²) >= 11 is 0. The van der Waals surface area contributed by atoms with Crippen molar-refractivity contribution >= 4 is 11.9 Å². The fourth-order valence-electron chi connectivity index (χ4n) is 2.97. The zero-order valence-electron chi connectivity index (χ0n) is 13.3. The van der Waals surface area contributed by atoms with Gasteiger partial charge in [-0.2, -0.15) is 5.10 Å². The standard InChI is InChI=1S/C17H18FN3O3/c1-11-9-13(18)4-5-15(11)21-8-6-14(19-21)16(22)20-7-2-3-12(10-20)17(23)24/h4-6,8-9,12H,2-3,7,10H2,1H3,(H,23,24). The van der Waals surface area contributed by atoms with E-state index in [1.165, 1.54) is 21.7 Å². The Bertz CT molecular complexity index is 787. The number of likely N-dealkylation sites (tertiary alicyclic amines) is 1. The third-order valence-electron chi connectivity index (χ3n) is 4.27. The molecule has 7 heteroatoms. The second-order valence-corrected chi connectivity index (χ2v) is 6.00. The Morgan fingerprint density at radius 3 is 2.83 bits per heavy atom. The largest absolute Gasteiger partial charge is 0.481 e. The molecule has 2 aromatic rings. The molecule has 1 atom stereocenters. The molecule has 0 bridgehead atoms. The molecular formula is C17H18FN3O3. The minimum absolute atomic E-state index is 0.205. The van der Waals surface area contributed by atoms with Crippen LogP contribution in [-0.2, 0) is 4.79 Å². The monoisotopic (exact) mass is 331 g/mol. The predicted octanol–water partition coefficient (Wildman–Crippen LogP) is 2.26. The normalized spacial score (nSPS) is 17.8. The Morgan fingerprint density at radius 1 is 1.33 bits per heavy atom.